The molecule has 2 aliphatic carbocycles. The van der Waals surface area contributed by atoms with Gasteiger partial charge in [-0.2, -0.15) is 0 Å². The monoisotopic (exact) mass is 397 g/mol. The van der Waals surface area contributed by atoms with Crippen molar-refractivity contribution in [2.24, 2.45) is 17.8 Å². The van der Waals surface area contributed by atoms with E-state index in [1.807, 2.05) is 24.3 Å². The fraction of sp³-hybridized carbons (Fsp3) is 0.560. The number of hydrogen-bond acceptors (Lipinski definition) is 4. The summed E-state index contributed by atoms with van der Waals surface area (Å²) in [6.45, 7) is 2.06. The highest BCUT2D eigenvalue weighted by Crippen LogP contribution is 2.48. The van der Waals surface area contributed by atoms with E-state index in [1.54, 1.807) is 0 Å². The lowest BCUT2D eigenvalue weighted by Gasteiger charge is -2.19. The summed E-state index contributed by atoms with van der Waals surface area (Å²) in [5.74, 6) is 0.836. The minimum absolute atomic E-state index is 0.107. The zero-order valence-electron chi connectivity index (χ0n) is 17.6. The summed E-state index contributed by atoms with van der Waals surface area (Å²) in [6, 6.07) is 8.22. The number of aliphatic hydroxyl groups is 2. The van der Waals surface area contributed by atoms with Gasteiger partial charge in [0, 0.05) is 18.8 Å². The fourth-order valence-corrected chi connectivity index (χ4v) is 4.92. The Morgan fingerprint density at radius 1 is 1.34 bits per heavy atom. The molecule has 2 aliphatic rings. The number of carbonyl (C=O) groups excluding carboxylic acids is 1. The van der Waals surface area contributed by atoms with Gasteiger partial charge < -0.3 is 14.9 Å². The van der Waals surface area contributed by atoms with Gasteiger partial charge in [-0.15, -0.1) is 0 Å². The van der Waals surface area contributed by atoms with Crippen LogP contribution < -0.4 is 0 Å². The first-order valence-electron chi connectivity index (χ1n) is 10.8. The summed E-state index contributed by atoms with van der Waals surface area (Å²) in [5, 5.41) is 20.9. The first-order valence-corrected chi connectivity index (χ1v) is 10.8. The second kappa shape index (κ2) is 10.2. The molecule has 1 aromatic rings. The SMILES string of the molecule is COC(=O)CCCCC1=C[C@H]2C[C@@H](O)[C@H](/C=C/[C@@H](O)Cc3cccc([11CH3])c3)[C@H]2C1. The van der Waals surface area contributed by atoms with E-state index in [0.717, 1.165) is 37.7 Å². The van der Waals surface area contributed by atoms with E-state index < -0.39 is 6.10 Å². The topological polar surface area (TPSA) is 66.8 Å². The molecule has 0 bridgehead atoms. The van der Waals surface area contributed by atoms with Crippen LogP contribution in [0.25, 0.3) is 0 Å². The molecule has 3 rings (SSSR count). The van der Waals surface area contributed by atoms with Gasteiger partial charge in [-0.3, -0.25) is 4.79 Å². The van der Waals surface area contributed by atoms with Gasteiger partial charge in [-0.25, -0.2) is 0 Å². The third kappa shape index (κ3) is 6.03. The summed E-state index contributed by atoms with van der Waals surface area (Å²) >= 11 is 0. The largest absolute Gasteiger partial charge is 0.469 e. The van der Waals surface area contributed by atoms with Crippen molar-refractivity contribution < 1.29 is 19.7 Å². The van der Waals surface area contributed by atoms with Gasteiger partial charge in [-0.1, -0.05) is 53.6 Å². The minimum Gasteiger partial charge on any atom is -0.469 e. The average molecular weight is 398 g/mol. The number of ether oxygens (including phenoxy) is 1. The number of aliphatic hydroxyl groups excluding tert-OH is 2. The maximum absolute atomic E-state index is 11.2. The summed E-state index contributed by atoms with van der Waals surface area (Å²) < 4.78 is 4.69. The van der Waals surface area contributed by atoms with E-state index in [2.05, 4.69) is 29.9 Å². The molecule has 29 heavy (non-hydrogen) atoms. The lowest BCUT2D eigenvalue weighted by molar-refractivity contribution is -0.140. The third-order valence-electron chi connectivity index (χ3n) is 6.39. The number of esters is 1. The van der Waals surface area contributed by atoms with E-state index in [0.29, 0.717) is 24.7 Å². The second-order valence-corrected chi connectivity index (χ2v) is 8.67. The van der Waals surface area contributed by atoms with Crippen LogP contribution >= 0.6 is 0 Å². The van der Waals surface area contributed by atoms with Gasteiger partial charge >= 0.3 is 5.97 Å². The van der Waals surface area contributed by atoms with Crippen molar-refractivity contribution in [3.05, 3.63) is 59.2 Å². The Bertz CT molecular complexity index is 751. The molecular formula is C25H34O4. The molecule has 0 unspecified atom stereocenters. The quantitative estimate of drug-likeness (QED) is 0.373. The van der Waals surface area contributed by atoms with Crippen LogP contribution in [-0.4, -0.2) is 35.5 Å². The molecular weight excluding hydrogens is 363 g/mol. The summed E-state index contributed by atoms with van der Waals surface area (Å²) in [4.78, 5) is 11.2. The van der Waals surface area contributed by atoms with Crippen LogP contribution in [0.2, 0.25) is 0 Å². The van der Waals surface area contributed by atoms with E-state index in [4.69, 9.17) is 0 Å². The van der Waals surface area contributed by atoms with Crippen LogP contribution in [0.1, 0.15) is 49.7 Å². The average Bonchev–Trinajstić information content (AvgIpc) is 3.19. The van der Waals surface area contributed by atoms with Crippen molar-refractivity contribution in [1.82, 2.24) is 0 Å². The van der Waals surface area contributed by atoms with Crippen molar-refractivity contribution >= 4 is 5.97 Å². The van der Waals surface area contributed by atoms with Crippen LogP contribution in [0.5, 0.6) is 0 Å². The van der Waals surface area contributed by atoms with Crippen molar-refractivity contribution in [3.8, 4) is 0 Å². The number of carbonyl (C=O) groups is 1. The van der Waals surface area contributed by atoms with Crippen molar-refractivity contribution in [2.45, 2.75) is 64.1 Å². The van der Waals surface area contributed by atoms with E-state index >= 15 is 0 Å². The number of aryl methyl sites for hydroxylation is 1. The molecule has 0 spiro atoms. The van der Waals surface area contributed by atoms with Crippen LogP contribution in [0, 0.1) is 24.7 Å². The van der Waals surface area contributed by atoms with Gasteiger partial charge in [0.1, 0.15) is 0 Å². The normalized spacial score (nSPS) is 27.1. The predicted octanol–water partition coefficient (Wildman–Crippen LogP) is 4.13. The molecule has 1 saturated carbocycles. The fourth-order valence-electron chi connectivity index (χ4n) is 4.92. The number of unbranched alkanes of at least 4 members (excludes halogenated alkanes) is 1. The second-order valence-electron chi connectivity index (χ2n) is 8.67. The van der Waals surface area contributed by atoms with E-state index in [9.17, 15) is 15.0 Å². The first-order chi connectivity index (χ1) is 14.0. The molecule has 0 radical (unpaired) electrons. The van der Waals surface area contributed by atoms with E-state index in [1.165, 1.54) is 18.2 Å². The van der Waals surface area contributed by atoms with Crippen LogP contribution in [0.3, 0.4) is 0 Å². The van der Waals surface area contributed by atoms with Crippen molar-refractivity contribution in [2.75, 3.05) is 7.11 Å². The molecule has 0 heterocycles. The predicted molar refractivity (Wildman–Crippen MR) is 114 cm³/mol. The molecule has 0 saturated heterocycles. The Labute approximate surface area is 174 Å². The Morgan fingerprint density at radius 2 is 2.17 bits per heavy atom. The highest BCUT2D eigenvalue weighted by Gasteiger charge is 2.43. The van der Waals surface area contributed by atoms with E-state index in [-0.39, 0.29) is 18.0 Å². The third-order valence-corrected chi connectivity index (χ3v) is 6.39. The van der Waals surface area contributed by atoms with Crippen molar-refractivity contribution in [1.29, 1.82) is 0 Å². The smallest absolute Gasteiger partial charge is 0.305 e. The lowest BCUT2D eigenvalue weighted by Crippen LogP contribution is -2.18. The molecule has 1 aromatic carbocycles. The van der Waals surface area contributed by atoms with Gasteiger partial charge in [0.05, 0.1) is 19.3 Å². The number of rotatable bonds is 9. The zero-order chi connectivity index (χ0) is 20.8. The summed E-state index contributed by atoms with van der Waals surface area (Å²) in [6.07, 6.45) is 11.2. The number of fused-ring (bicyclic) bond motifs is 1. The Morgan fingerprint density at radius 3 is 2.93 bits per heavy atom. The molecule has 0 aromatic heterocycles. The number of benzene rings is 1. The number of hydrogen-bond donors (Lipinski definition) is 2. The zero-order valence-corrected chi connectivity index (χ0v) is 17.6. The molecule has 0 aliphatic heterocycles. The van der Waals surface area contributed by atoms with Gasteiger partial charge in [0.25, 0.3) is 0 Å². The summed E-state index contributed by atoms with van der Waals surface area (Å²) in [5.41, 5.74) is 3.78. The standard InChI is InChI=1S/C25H34O4/c1-17-6-5-8-18(12-17)14-21(26)10-11-22-23-15-19(13-20(23)16-24(22)27)7-3-4-9-25(28)29-2/h5-6,8,10-13,20-24,26-27H,3-4,7,9,14-16H2,1-2H3/b11-10+/t20-,21+,22+,23-,24+/m0/s1/i1-1. The van der Waals surface area contributed by atoms with Crippen LogP contribution in [0.15, 0.2) is 48.1 Å². The van der Waals surface area contributed by atoms with Crippen molar-refractivity contribution in [3.63, 3.8) is 0 Å². The van der Waals surface area contributed by atoms with Gasteiger partial charge in [0.15, 0.2) is 0 Å². The Hall–Kier alpha value is -1.91. The van der Waals surface area contributed by atoms with Crippen LogP contribution in [0.4, 0.5) is 0 Å². The highest BCUT2D eigenvalue weighted by atomic mass is 16.5. The molecule has 1 fully saturated rings. The molecule has 5 atom stereocenters. The number of allylic oxidation sites excluding steroid dienone is 2. The molecule has 2 N–H and O–H groups in total. The van der Waals surface area contributed by atoms with Crippen LogP contribution in [-0.2, 0) is 16.0 Å². The maximum Gasteiger partial charge on any atom is 0.305 e. The highest BCUT2D eigenvalue weighted by molar-refractivity contribution is 5.68. The Kier molecular flexibility index (Phi) is 7.68. The molecule has 4 nitrogen and oxygen atoms in total. The minimum atomic E-state index is -0.532. The maximum atomic E-state index is 11.2. The lowest BCUT2D eigenvalue weighted by atomic mass is 9.88. The Balaban J connectivity index is 1.49. The molecule has 4 heteroatoms. The van der Waals surface area contributed by atoms with Gasteiger partial charge in [0.2, 0.25) is 0 Å². The summed E-state index contributed by atoms with van der Waals surface area (Å²) in [7, 11) is 1.43. The number of methoxy groups -OCH3 is 1. The first kappa shape index (κ1) is 21.8. The molecule has 0 amide bonds. The van der Waals surface area contributed by atoms with Gasteiger partial charge in [-0.05, 0) is 56.4 Å². The molecule has 158 valence electrons.